The first kappa shape index (κ1) is 12.6. The summed E-state index contributed by atoms with van der Waals surface area (Å²) in [5.74, 6) is 0.414. The molecular weight excluding hydrogens is 259 g/mol. The van der Waals surface area contributed by atoms with Crippen LogP contribution in [-0.4, -0.2) is 21.3 Å². The van der Waals surface area contributed by atoms with Gasteiger partial charge in [-0.2, -0.15) is 0 Å². The van der Waals surface area contributed by atoms with Crippen molar-refractivity contribution in [2.75, 3.05) is 12.9 Å². The molecule has 1 aromatic carbocycles. The maximum atomic E-state index is 10.8. The Balaban J connectivity index is 2.93. The molecule has 0 bridgehead atoms. The van der Waals surface area contributed by atoms with Gasteiger partial charge in [-0.3, -0.25) is 0 Å². The Morgan fingerprint density at radius 2 is 2.07 bits per heavy atom. The van der Waals surface area contributed by atoms with Gasteiger partial charge in [-0.15, -0.1) is 0 Å². The topological polar surface area (TPSA) is 43.4 Å². The van der Waals surface area contributed by atoms with Gasteiger partial charge in [-0.05, 0) is 18.6 Å². The second kappa shape index (κ2) is 5.05. The first-order valence-corrected chi connectivity index (χ1v) is 7.03. The summed E-state index contributed by atoms with van der Waals surface area (Å²) >= 11 is 5.92. The lowest BCUT2D eigenvalue weighted by Crippen LogP contribution is -2.03. The predicted molar refractivity (Wildman–Crippen MR) is 61.3 cm³/mol. The fraction of sp³-hybridized carbons (Fsp3) is 0.333. The highest BCUT2D eigenvalue weighted by atomic mass is 35.7. The number of hydrogen-bond donors (Lipinski definition) is 0. The second-order valence-electron chi connectivity index (χ2n) is 2.91. The number of rotatable bonds is 4. The molecule has 0 radical (unpaired) electrons. The highest BCUT2D eigenvalue weighted by Gasteiger charge is 2.12. The molecule has 84 valence electrons. The smallest absolute Gasteiger partial charge is 0.232 e. The van der Waals surface area contributed by atoms with Gasteiger partial charge >= 0.3 is 0 Å². The summed E-state index contributed by atoms with van der Waals surface area (Å²) < 4.78 is 26.7. The summed E-state index contributed by atoms with van der Waals surface area (Å²) in [6.45, 7) is 0. The van der Waals surface area contributed by atoms with Crippen molar-refractivity contribution in [1.82, 2.24) is 0 Å². The number of ether oxygens (including phenoxy) is 1. The first-order chi connectivity index (χ1) is 6.94. The van der Waals surface area contributed by atoms with Crippen molar-refractivity contribution in [1.29, 1.82) is 0 Å². The van der Waals surface area contributed by atoms with Gasteiger partial charge < -0.3 is 4.74 Å². The number of methoxy groups -OCH3 is 1. The van der Waals surface area contributed by atoms with E-state index < -0.39 is 9.05 Å². The van der Waals surface area contributed by atoms with Crippen molar-refractivity contribution in [2.24, 2.45) is 0 Å². The molecule has 0 aliphatic carbocycles. The average molecular weight is 269 g/mol. The summed E-state index contributed by atoms with van der Waals surface area (Å²) in [7, 11) is 3.12. The fourth-order valence-electron chi connectivity index (χ4n) is 1.20. The quantitative estimate of drug-likeness (QED) is 0.788. The summed E-state index contributed by atoms with van der Waals surface area (Å²) in [5, 5.41) is 0.481. The lowest BCUT2D eigenvalue weighted by Gasteiger charge is -2.08. The molecule has 0 unspecified atom stereocenters. The van der Waals surface area contributed by atoms with E-state index in [0.717, 1.165) is 0 Å². The van der Waals surface area contributed by atoms with Crippen molar-refractivity contribution in [3.8, 4) is 5.75 Å². The standard InChI is InChI=1S/C9H10Cl2O3S/c1-14-9-4-2-3-8(10)7(9)5-6-15(11,12)13/h2-4H,5-6H2,1H3. The van der Waals surface area contributed by atoms with E-state index in [1.54, 1.807) is 18.2 Å². The largest absolute Gasteiger partial charge is 0.496 e. The predicted octanol–water partition coefficient (Wildman–Crippen LogP) is 2.46. The van der Waals surface area contributed by atoms with Gasteiger partial charge in [-0.1, -0.05) is 17.7 Å². The third kappa shape index (κ3) is 3.89. The normalized spacial score (nSPS) is 11.4. The van der Waals surface area contributed by atoms with Crippen LogP contribution < -0.4 is 4.74 Å². The van der Waals surface area contributed by atoms with Gasteiger partial charge in [0.15, 0.2) is 0 Å². The third-order valence-corrected chi connectivity index (χ3v) is 3.40. The van der Waals surface area contributed by atoms with Crippen molar-refractivity contribution in [3.05, 3.63) is 28.8 Å². The molecule has 0 amide bonds. The molecular formula is C9H10Cl2O3S. The molecule has 0 saturated heterocycles. The van der Waals surface area contributed by atoms with Crippen LogP contribution >= 0.6 is 22.3 Å². The van der Waals surface area contributed by atoms with Gasteiger partial charge in [0.2, 0.25) is 9.05 Å². The van der Waals surface area contributed by atoms with E-state index in [2.05, 4.69) is 0 Å². The molecule has 6 heteroatoms. The monoisotopic (exact) mass is 268 g/mol. The van der Waals surface area contributed by atoms with E-state index in [4.69, 9.17) is 27.0 Å². The molecule has 0 aliphatic rings. The minimum Gasteiger partial charge on any atom is -0.496 e. The average Bonchev–Trinajstić information content (AvgIpc) is 2.14. The number of hydrogen-bond acceptors (Lipinski definition) is 3. The Bertz CT molecular complexity index is 443. The van der Waals surface area contributed by atoms with Gasteiger partial charge in [0, 0.05) is 21.3 Å². The summed E-state index contributed by atoms with van der Waals surface area (Å²) in [6, 6.07) is 5.14. The summed E-state index contributed by atoms with van der Waals surface area (Å²) in [5.41, 5.74) is 0.658. The van der Waals surface area contributed by atoms with Gasteiger partial charge in [0.1, 0.15) is 5.75 Å². The van der Waals surface area contributed by atoms with Gasteiger partial charge in [-0.25, -0.2) is 8.42 Å². The van der Waals surface area contributed by atoms with E-state index in [9.17, 15) is 8.42 Å². The van der Waals surface area contributed by atoms with Gasteiger partial charge in [0.05, 0.1) is 12.9 Å². The molecule has 0 aliphatic heterocycles. The third-order valence-electron chi connectivity index (χ3n) is 1.89. The first-order valence-electron chi connectivity index (χ1n) is 4.18. The van der Waals surface area contributed by atoms with Gasteiger partial charge in [0.25, 0.3) is 0 Å². The molecule has 1 aromatic rings. The second-order valence-corrected chi connectivity index (χ2v) is 6.22. The van der Waals surface area contributed by atoms with Crippen molar-refractivity contribution < 1.29 is 13.2 Å². The van der Waals surface area contributed by atoms with Crippen LogP contribution in [0.15, 0.2) is 18.2 Å². The number of halogens is 2. The van der Waals surface area contributed by atoms with E-state index in [1.807, 2.05) is 0 Å². The van der Waals surface area contributed by atoms with Crippen LogP contribution in [0.25, 0.3) is 0 Å². The molecule has 0 fully saturated rings. The van der Waals surface area contributed by atoms with Crippen molar-refractivity contribution in [2.45, 2.75) is 6.42 Å². The molecule has 0 saturated carbocycles. The Morgan fingerprint density at radius 3 is 2.60 bits per heavy atom. The van der Waals surface area contributed by atoms with Crippen LogP contribution in [0.4, 0.5) is 0 Å². The molecule has 1 rings (SSSR count). The molecule has 3 nitrogen and oxygen atoms in total. The zero-order chi connectivity index (χ0) is 11.5. The van der Waals surface area contributed by atoms with Crippen molar-refractivity contribution in [3.63, 3.8) is 0 Å². The highest BCUT2D eigenvalue weighted by Crippen LogP contribution is 2.27. The van der Waals surface area contributed by atoms with Crippen LogP contribution in [0.2, 0.25) is 5.02 Å². The lowest BCUT2D eigenvalue weighted by atomic mass is 10.1. The maximum absolute atomic E-state index is 10.8. The Kier molecular flexibility index (Phi) is 4.25. The fourth-order valence-corrected chi connectivity index (χ4v) is 2.14. The zero-order valence-corrected chi connectivity index (χ0v) is 10.4. The molecule has 0 N–H and O–H groups in total. The maximum Gasteiger partial charge on any atom is 0.232 e. The minimum atomic E-state index is -3.51. The van der Waals surface area contributed by atoms with Crippen LogP contribution in [-0.2, 0) is 15.5 Å². The van der Waals surface area contributed by atoms with E-state index >= 15 is 0 Å². The molecule has 0 aromatic heterocycles. The SMILES string of the molecule is COc1cccc(Cl)c1CCS(=O)(=O)Cl. The lowest BCUT2D eigenvalue weighted by molar-refractivity contribution is 0.410. The minimum absolute atomic E-state index is 0.158. The Morgan fingerprint density at radius 1 is 1.40 bits per heavy atom. The van der Waals surface area contributed by atoms with E-state index in [1.165, 1.54) is 7.11 Å². The molecule has 0 atom stereocenters. The molecule has 0 heterocycles. The number of benzene rings is 1. The molecule has 15 heavy (non-hydrogen) atoms. The summed E-state index contributed by atoms with van der Waals surface area (Å²) in [4.78, 5) is 0. The van der Waals surface area contributed by atoms with E-state index in [0.29, 0.717) is 16.3 Å². The zero-order valence-electron chi connectivity index (χ0n) is 8.04. The van der Waals surface area contributed by atoms with Crippen LogP contribution in [0.5, 0.6) is 5.75 Å². The van der Waals surface area contributed by atoms with E-state index in [-0.39, 0.29) is 12.2 Å². The van der Waals surface area contributed by atoms with Crippen molar-refractivity contribution >= 4 is 31.3 Å². The van der Waals surface area contributed by atoms with Crippen LogP contribution in [0, 0.1) is 0 Å². The highest BCUT2D eigenvalue weighted by molar-refractivity contribution is 8.13. The van der Waals surface area contributed by atoms with Crippen LogP contribution in [0.1, 0.15) is 5.56 Å². The Labute approximate surface area is 98.4 Å². The summed E-state index contributed by atoms with van der Waals surface area (Å²) in [6.07, 6.45) is 0.245. The molecule has 0 spiro atoms. The van der Waals surface area contributed by atoms with Crippen LogP contribution in [0.3, 0.4) is 0 Å². The Hall–Kier alpha value is -0.450.